The monoisotopic (exact) mass is 1310 g/mol. The van der Waals surface area contributed by atoms with Crippen LogP contribution in [0.4, 0.5) is 0 Å². The third kappa shape index (κ3) is 9.83. The second-order valence-electron chi connectivity index (χ2n) is 25.2. The SMILES string of the molecule is c1ccc(-c2cccc(-c3nc(-c4cccnc4)nc(-c4cccc5c4oc4cc6c7ccccc7n(-c7ccccc7)c6cc45)n3)c2)cc1.c1ccc(-c2nc(-c3ccc4sc5ccccc5c4c3)nc(-c3cccc4c3oc3cc5c6ccccc6n(-c6ccccc6)c5cc34)n2)cc1. The van der Waals surface area contributed by atoms with E-state index in [4.69, 9.17) is 38.7 Å². The maximum atomic E-state index is 6.79. The van der Waals surface area contributed by atoms with Gasteiger partial charge in [0.2, 0.25) is 0 Å². The van der Waals surface area contributed by atoms with E-state index in [0.717, 1.165) is 133 Å². The van der Waals surface area contributed by atoms with Gasteiger partial charge >= 0.3 is 0 Å². The summed E-state index contributed by atoms with van der Waals surface area (Å²) in [6.45, 7) is 0. The molecule has 0 unspecified atom stereocenters. The van der Waals surface area contributed by atoms with Crippen LogP contribution < -0.4 is 0 Å². The van der Waals surface area contributed by atoms with E-state index in [1.807, 2.05) is 97.1 Å². The summed E-state index contributed by atoms with van der Waals surface area (Å²) in [7, 11) is 0. The summed E-state index contributed by atoms with van der Waals surface area (Å²) < 4.78 is 20.7. The zero-order valence-corrected chi connectivity index (χ0v) is 54.7. The predicted molar refractivity (Wildman–Crippen MR) is 412 cm³/mol. The summed E-state index contributed by atoms with van der Waals surface area (Å²) in [6, 6.07) is 107. The molecule has 0 saturated heterocycles. The minimum atomic E-state index is 0.535. The lowest BCUT2D eigenvalue weighted by atomic mass is 10.0. The Balaban J connectivity index is 0.000000136. The number of hydrogen-bond acceptors (Lipinski definition) is 10. The van der Waals surface area contributed by atoms with E-state index in [1.54, 1.807) is 23.7 Å². The number of fused-ring (bicyclic) bond motifs is 15. The van der Waals surface area contributed by atoms with Crippen molar-refractivity contribution in [3.05, 3.63) is 322 Å². The highest BCUT2D eigenvalue weighted by Crippen LogP contribution is 2.44. The lowest BCUT2D eigenvalue weighted by molar-refractivity contribution is 0.669. The normalized spacial score (nSPS) is 11.8. The third-order valence-electron chi connectivity index (χ3n) is 19.2. The minimum absolute atomic E-state index is 0.535. The van der Waals surface area contributed by atoms with E-state index in [0.29, 0.717) is 34.9 Å². The van der Waals surface area contributed by atoms with Crippen LogP contribution in [-0.4, -0.2) is 44.0 Å². The molecular weight excluding hydrogens is 1260 g/mol. The van der Waals surface area contributed by atoms with E-state index in [-0.39, 0.29) is 0 Å². The summed E-state index contributed by atoms with van der Waals surface area (Å²) in [5.41, 5.74) is 17.4. The average Bonchev–Trinajstić information content (AvgIpc) is 1.58. The van der Waals surface area contributed by atoms with Gasteiger partial charge in [0.05, 0.1) is 33.2 Å². The highest BCUT2D eigenvalue weighted by atomic mass is 32.1. The number of hydrogen-bond donors (Lipinski definition) is 0. The quantitative estimate of drug-likeness (QED) is 0.139. The maximum absolute atomic E-state index is 6.79. The lowest BCUT2D eigenvalue weighted by Crippen LogP contribution is -2.00. The fraction of sp³-hybridized carbons (Fsp3) is 0. The number of pyridine rings is 1. The molecule has 8 heterocycles. The first-order valence-corrected chi connectivity index (χ1v) is 34.3. The van der Waals surface area contributed by atoms with Gasteiger partial charge in [-0.05, 0) is 126 Å². The molecule has 0 N–H and O–H groups in total. The topological polar surface area (TPSA) is 126 Å². The van der Waals surface area contributed by atoms with Crippen LogP contribution in [0.25, 0.3) is 198 Å². The second kappa shape index (κ2) is 23.6. The summed E-state index contributed by atoms with van der Waals surface area (Å²) in [4.78, 5) is 34.7. The largest absolute Gasteiger partial charge is 0.455 e. The standard InChI is InChI=1S/C45H26N4OS.C44H27N5O/c1-3-12-27(13-4-1)43-46-44(28-22-23-41-36(24-28)31-17-8-10-21-40(31)51-41)48-45(47-43)33-19-11-18-32-35-25-38-34(26-39(35)50-42(32)33)30-16-7-9-20-37(30)49(38)29-14-5-2-6-15-29;1-3-12-28(13-4-1)29-14-9-15-30(24-29)42-46-43(31-16-11-23-45-27-31)48-44(47-42)35-21-10-20-34-37-25-39-36(26-40(37)50-41(34)35)33-19-7-8-22-38(33)49(39)32-17-5-2-6-18-32/h1-26H;1-27H. The zero-order valence-electron chi connectivity index (χ0n) is 53.8. The summed E-state index contributed by atoms with van der Waals surface area (Å²) in [6.07, 6.45) is 3.53. The van der Waals surface area contributed by atoms with Gasteiger partial charge in [-0.25, -0.2) is 29.9 Å². The Kier molecular flexibility index (Phi) is 13.5. The summed E-state index contributed by atoms with van der Waals surface area (Å²) >= 11 is 1.80. The van der Waals surface area contributed by atoms with Crippen LogP contribution in [0.2, 0.25) is 0 Å². The number of para-hydroxylation sites is 6. The molecular formula is C89H53N9O2S. The fourth-order valence-electron chi connectivity index (χ4n) is 14.5. The lowest BCUT2D eigenvalue weighted by Gasteiger charge is -2.10. The van der Waals surface area contributed by atoms with Crippen molar-refractivity contribution in [2.45, 2.75) is 0 Å². The Bertz CT molecular complexity index is 6830. The Morgan fingerprint density at radius 3 is 1.24 bits per heavy atom. The fourth-order valence-corrected chi connectivity index (χ4v) is 15.6. The molecule has 0 atom stereocenters. The van der Waals surface area contributed by atoms with Gasteiger partial charge in [0.1, 0.15) is 22.3 Å². The van der Waals surface area contributed by atoms with Crippen LogP contribution in [0.1, 0.15) is 0 Å². The Hall–Kier alpha value is -13.6. The van der Waals surface area contributed by atoms with E-state index >= 15 is 0 Å². The van der Waals surface area contributed by atoms with Gasteiger partial charge in [-0.1, -0.05) is 194 Å². The van der Waals surface area contributed by atoms with Crippen molar-refractivity contribution in [2.24, 2.45) is 0 Å². The molecule has 0 bridgehead atoms. The predicted octanol–water partition coefficient (Wildman–Crippen LogP) is 23.2. The average molecular weight is 1310 g/mol. The van der Waals surface area contributed by atoms with Gasteiger partial charge in [-0.2, -0.15) is 0 Å². The van der Waals surface area contributed by atoms with Crippen molar-refractivity contribution >= 4 is 119 Å². The smallest absolute Gasteiger partial charge is 0.167 e. The number of thiophene rings is 1. The van der Waals surface area contributed by atoms with Gasteiger partial charge in [0.15, 0.2) is 34.9 Å². The molecule has 0 amide bonds. The number of rotatable bonds is 9. The maximum Gasteiger partial charge on any atom is 0.167 e. The first kappa shape index (κ1) is 57.7. The molecule has 0 radical (unpaired) electrons. The molecule has 0 aliphatic carbocycles. The van der Waals surface area contributed by atoms with E-state index in [1.165, 1.54) is 30.9 Å². The summed E-state index contributed by atoms with van der Waals surface area (Å²) in [5.74, 6) is 3.47. The van der Waals surface area contributed by atoms with Gasteiger partial charge in [0.25, 0.3) is 0 Å². The van der Waals surface area contributed by atoms with Crippen molar-refractivity contribution in [3.8, 4) is 90.8 Å². The number of benzene rings is 13. The van der Waals surface area contributed by atoms with E-state index in [2.05, 4.69) is 226 Å². The van der Waals surface area contributed by atoms with Gasteiger partial charge < -0.3 is 18.0 Å². The molecule has 8 aromatic heterocycles. The Morgan fingerprint density at radius 1 is 0.248 bits per heavy atom. The van der Waals surface area contributed by atoms with E-state index in [9.17, 15) is 0 Å². The Morgan fingerprint density at radius 2 is 0.673 bits per heavy atom. The number of furan rings is 2. The molecule has 12 heteroatoms. The van der Waals surface area contributed by atoms with Gasteiger partial charge in [-0.15, -0.1) is 11.3 Å². The zero-order chi connectivity index (χ0) is 66.5. The molecule has 0 spiro atoms. The van der Waals surface area contributed by atoms with E-state index < -0.39 is 0 Å². The number of aromatic nitrogens is 9. The minimum Gasteiger partial charge on any atom is -0.455 e. The molecule has 13 aromatic carbocycles. The first-order chi connectivity index (χ1) is 50.0. The van der Waals surface area contributed by atoms with Crippen molar-refractivity contribution in [1.82, 2.24) is 44.0 Å². The molecule has 101 heavy (non-hydrogen) atoms. The molecule has 11 nitrogen and oxygen atoms in total. The molecule has 0 aliphatic rings. The van der Waals surface area contributed by atoms with Crippen LogP contribution >= 0.6 is 11.3 Å². The molecule has 0 fully saturated rings. The van der Waals surface area contributed by atoms with Crippen LogP contribution in [-0.2, 0) is 0 Å². The molecule has 0 saturated carbocycles. The molecule has 472 valence electrons. The van der Waals surface area contributed by atoms with Crippen LogP contribution in [0.5, 0.6) is 0 Å². The molecule has 21 rings (SSSR count). The van der Waals surface area contributed by atoms with Crippen molar-refractivity contribution < 1.29 is 8.83 Å². The summed E-state index contributed by atoms with van der Waals surface area (Å²) in [5, 5.41) is 11.2. The Labute approximate surface area is 580 Å². The van der Waals surface area contributed by atoms with Crippen molar-refractivity contribution in [2.75, 3.05) is 0 Å². The molecule has 21 aromatic rings. The van der Waals surface area contributed by atoms with Crippen LogP contribution in [0.3, 0.4) is 0 Å². The van der Waals surface area contributed by atoms with Crippen LogP contribution in [0, 0.1) is 0 Å². The van der Waals surface area contributed by atoms with Crippen molar-refractivity contribution in [3.63, 3.8) is 0 Å². The van der Waals surface area contributed by atoms with Crippen LogP contribution in [0.15, 0.2) is 331 Å². The highest BCUT2D eigenvalue weighted by Gasteiger charge is 2.24. The van der Waals surface area contributed by atoms with Crippen molar-refractivity contribution in [1.29, 1.82) is 0 Å². The van der Waals surface area contributed by atoms with Gasteiger partial charge in [0, 0.05) is 109 Å². The number of nitrogens with zero attached hydrogens (tertiary/aromatic N) is 9. The molecule has 0 aliphatic heterocycles. The van der Waals surface area contributed by atoms with Gasteiger partial charge in [-0.3, -0.25) is 4.98 Å². The second-order valence-corrected chi connectivity index (χ2v) is 26.2. The first-order valence-electron chi connectivity index (χ1n) is 33.5. The highest BCUT2D eigenvalue weighted by molar-refractivity contribution is 7.25. The third-order valence-corrected chi connectivity index (χ3v) is 20.3.